The van der Waals surface area contributed by atoms with Crippen LogP contribution >= 0.6 is 0 Å². The number of alkyl halides is 3. The van der Waals surface area contributed by atoms with E-state index < -0.39 is 17.8 Å². The molecule has 0 saturated heterocycles. The van der Waals surface area contributed by atoms with E-state index in [4.69, 9.17) is 0 Å². The number of aliphatic hydroxyl groups is 1. The molecule has 0 amide bonds. The van der Waals surface area contributed by atoms with Gasteiger partial charge in [-0.15, -0.1) is 0 Å². The first kappa shape index (κ1) is 18.4. The van der Waals surface area contributed by atoms with Crippen LogP contribution in [0.15, 0.2) is 48.7 Å². The Balaban J connectivity index is 1.54. The fourth-order valence-corrected chi connectivity index (χ4v) is 2.87. The zero-order valence-electron chi connectivity index (χ0n) is 13.8. The number of fused-ring (bicyclic) bond motifs is 1. The van der Waals surface area contributed by atoms with Crippen LogP contribution in [0.5, 0.6) is 0 Å². The average Bonchev–Trinajstić information content (AvgIpc) is 3.00. The molecule has 0 aliphatic rings. The van der Waals surface area contributed by atoms with Gasteiger partial charge >= 0.3 is 6.18 Å². The SMILES string of the molecule is OC(CNCCc1c[nH]c2cc(F)ccc12)c1cccc(C(F)(F)F)c1. The predicted molar refractivity (Wildman–Crippen MR) is 91.2 cm³/mol. The smallest absolute Gasteiger partial charge is 0.387 e. The zero-order chi connectivity index (χ0) is 18.7. The number of H-pyrrole nitrogens is 1. The van der Waals surface area contributed by atoms with Crippen molar-refractivity contribution in [2.45, 2.75) is 18.7 Å². The molecule has 0 fully saturated rings. The molecule has 2 aromatic carbocycles. The van der Waals surface area contributed by atoms with E-state index in [1.807, 2.05) is 0 Å². The quantitative estimate of drug-likeness (QED) is 0.453. The largest absolute Gasteiger partial charge is 0.416 e. The Kier molecular flexibility index (Phi) is 5.29. The number of rotatable bonds is 6. The lowest BCUT2D eigenvalue weighted by Gasteiger charge is -2.14. The van der Waals surface area contributed by atoms with Gasteiger partial charge in [-0.1, -0.05) is 12.1 Å². The third-order valence-corrected chi connectivity index (χ3v) is 4.24. The van der Waals surface area contributed by atoms with E-state index in [1.54, 1.807) is 12.3 Å². The molecule has 138 valence electrons. The maximum absolute atomic E-state index is 13.2. The topological polar surface area (TPSA) is 48.0 Å². The van der Waals surface area contributed by atoms with Crippen LogP contribution in [0.3, 0.4) is 0 Å². The number of hydrogen-bond donors (Lipinski definition) is 3. The molecule has 3 N–H and O–H groups in total. The molecule has 1 atom stereocenters. The minimum Gasteiger partial charge on any atom is -0.387 e. The summed E-state index contributed by atoms with van der Waals surface area (Å²) in [7, 11) is 0. The standard InChI is InChI=1S/C19H18F4N2O/c20-15-4-5-16-13(10-25-17(16)9-15)6-7-24-11-18(26)12-2-1-3-14(8-12)19(21,22)23/h1-5,8-10,18,24-26H,6-7,11H2. The van der Waals surface area contributed by atoms with E-state index in [1.165, 1.54) is 24.3 Å². The lowest BCUT2D eigenvalue weighted by Crippen LogP contribution is -2.24. The molecule has 0 bridgehead atoms. The van der Waals surface area contributed by atoms with Crippen molar-refractivity contribution in [3.05, 3.63) is 71.2 Å². The molecule has 3 nitrogen and oxygen atoms in total. The van der Waals surface area contributed by atoms with Crippen molar-refractivity contribution in [2.75, 3.05) is 13.1 Å². The van der Waals surface area contributed by atoms with E-state index >= 15 is 0 Å². The molecule has 3 rings (SSSR count). The lowest BCUT2D eigenvalue weighted by molar-refractivity contribution is -0.137. The van der Waals surface area contributed by atoms with Gasteiger partial charge in [-0.05, 0) is 54.4 Å². The number of aliphatic hydroxyl groups excluding tert-OH is 1. The van der Waals surface area contributed by atoms with Crippen molar-refractivity contribution < 1.29 is 22.7 Å². The van der Waals surface area contributed by atoms with Gasteiger partial charge in [-0.2, -0.15) is 13.2 Å². The highest BCUT2D eigenvalue weighted by Crippen LogP contribution is 2.30. The van der Waals surface area contributed by atoms with Gasteiger partial charge in [0.1, 0.15) is 5.82 Å². The summed E-state index contributed by atoms with van der Waals surface area (Å²) in [6, 6.07) is 9.20. The highest BCUT2D eigenvalue weighted by Gasteiger charge is 2.30. The van der Waals surface area contributed by atoms with Gasteiger partial charge in [0.2, 0.25) is 0 Å². The molecule has 26 heavy (non-hydrogen) atoms. The van der Waals surface area contributed by atoms with E-state index in [0.29, 0.717) is 18.5 Å². The minimum absolute atomic E-state index is 0.137. The molecule has 0 saturated carbocycles. The number of nitrogens with one attached hydrogen (secondary N) is 2. The number of aromatic amines is 1. The van der Waals surface area contributed by atoms with E-state index in [0.717, 1.165) is 23.1 Å². The van der Waals surface area contributed by atoms with Crippen molar-refractivity contribution in [1.29, 1.82) is 0 Å². The number of hydrogen-bond acceptors (Lipinski definition) is 2. The number of aromatic nitrogens is 1. The Morgan fingerprint density at radius 3 is 2.69 bits per heavy atom. The molecule has 0 spiro atoms. The summed E-state index contributed by atoms with van der Waals surface area (Å²) in [5.41, 5.74) is 1.15. The second-order valence-electron chi connectivity index (χ2n) is 6.10. The molecule has 1 heterocycles. The molecule has 7 heteroatoms. The van der Waals surface area contributed by atoms with Crippen LogP contribution in [0.25, 0.3) is 10.9 Å². The Bertz CT molecular complexity index is 889. The van der Waals surface area contributed by atoms with E-state index in [2.05, 4.69) is 10.3 Å². The summed E-state index contributed by atoms with van der Waals surface area (Å²) in [5.74, 6) is -0.312. The third kappa shape index (κ3) is 4.23. The zero-order valence-corrected chi connectivity index (χ0v) is 13.8. The van der Waals surface area contributed by atoms with Gasteiger partial charge in [0.05, 0.1) is 11.7 Å². The summed E-state index contributed by atoms with van der Waals surface area (Å²) < 4.78 is 51.3. The summed E-state index contributed by atoms with van der Waals surface area (Å²) in [6.45, 7) is 0.665. The average molecular weight is 366 g/mol. The highest BCUT2D eigenvalue weighted by molar-refractivity contribution is 5.83. The van der Waals surface area contributed by atoms with Crippen LogP contribution in [0.1, 0.15) is 22.8 Å². The minimum atomic E-state index is -4.43. The molecule has 1 aromatic heterocycles. The highest BCUT2D eigenvalue weighted by atomic mass is 19.4. The second kappa shape index (κ2) is 7.47. The van der Waals surface area contributed by atoms with Crippen molar-refractivity contribution >= 4 is 10.9 Å². The van der Waals surface area contributed by atoms with Crippen molar-refractivity contribution in [1.82, 2.24) is 10.3 Å². The number of halogens is 4. The number of benzene rings is 2. The molecule has 0 aliphatic heterocycles. The monoisotopic (exact) mass is 366 g/mol. The maximum atomic E-state index is 13.2. The third-order valence-electron chi connectivity index (χ3n) is 4.24. The summed E-state index contributed by atoms with van der Waals surface area (Å²) in [6.07, 6.45) is -3.03. The van der Waals surface area contributed by atoms with Crippen molar-refractivity contribution in [3.8, 4) is 0 Å². The van der Waals surface area contributed by atoms with Gasteiger partial charge in [0.25, 0.3) is 0 Å². The first-order valence-electron chi connectivity index (χ1n) is 8.16. The van der Waals surface area contributed by atoms with E-state index in [9.17, 15) is 22.7 Å². The molecular formula is C19H18F4N2O. The van der Waals surface area contributed by atoms with Crippen LogP contribution in [-0.4, -0.2) is 23.2 Å². The van der Waals surface area contributed by atoms with Crippen LogP contribution in [0.2, 0.25) is 0 Å². The van der Waals surface area contributed by atoms with Crippen LogP contribution in [-0.2, 0) is 12.6 Å². The second-order valence-corrected chi connectivity index (χ2v) is 6.10. The molecule has 0 radical (unpaired) electrons. The molecule has 1 unspecified atom stereocenters. The summed E-state index contributed by atoms with van der Waals surface area (Å²) in [4.78, 5) is 3.00. The fraction of sp³-hybridized carbons (Fsp3) is 0.263. The van der Waals surface area contributed by atoms with Crippen LogP contribution < -0.4 is 5.32 Å². The van der Waals surface area contributed by atoms with Crippen LogP contribution in [0.4, 0.5) is 17.6 Å². The lowest BCUT2D eigenvalue weighted by atomic mass is 10.1. The Labute approximate surface area is 147 Å². The van der Waals surface area contributed by atoms with Gasteiger partial charge in [-0.3, -0.25) is 0 Å². The molecule has 3 aromatic rings. The van der Waals surface area contributed by atoms with Gasteiger partial charge in [0, 0.05) is 23.6 Å². The van der Waals surface area contributed by atoms with Gasteiger partial charge in [0.15, 0.2) is 0 Å². The summed E-state index contributed by atoms with van der Waals surface area (Å²) in [5, 5.41) is 14.1. The van der Waals surface area contributed by atoms with Crippen LogP contribution in [0, 0.1) is 5.82 Å². The maximum Gasteiger partial charge on any atom is 0.416 e. The normalized spacial score (nSPS) is 13.3. The first-order chi connectivity index (χ1) is 12.3. The van der Waals surface area contributed by atoms with Crippen molar-refractivity contribution in [2.24, 2.45) is 0 Å². The van der Waals surface area contributed by atoms with Gasteiger partial charge < -0.3 is 15.4 Å². The fourth-order valence-electron chi connectivity index (χ4n) is 2.87. The Morgan fingerprint density at radius 1 is 1.12 bits per heavy atom. The van der Waals surface area contributed by atoms with Crippen molar-refractivity contribution in [3.63, 3.8) is 0 Å². The predicted octanol–water partition coefficient (Wildman–Crippen LogP) is 4.19. The Morgan fingerprint density at radius 2 is 1.92 bits per heavy atom. The Hall–Kier alpha value is -2.38. The van der Waals surface area contributed by atoms with Gasteiger partial charge in [-0.25, -0.2) is 4.39 Å². The van der Waals surface area contributed by atoms with E-state index in [-0.39, 0.29) is 17.9 Å². The first-order valence-corrected chi connectivity index (χ1v) is 8.16. The molecule has 0 aliphatic carbocycles. The summed E-state index contributed by atoms with van der Waals surface area (Å²) >= 11 is 0. The molecular weight excluding hydrogens is 348 g/mol.